The number of rotatable bonds is 7. The van der Waals surface area contributed by atoms with E-state index in [1.54, 1.807) is 14.2 Å². The van der Waals surface area contributed by atoms with Crippen LogP contribution in [0.5, 0.6) is 11.5 Å². The van der Waals surface area contributed by atoms with Crippen molar-refractivity contribution in [3.63, 3.8) is 0 Å². The highest BCUT2D eigenvalue weighted by atomic mass is 16.5. The highest BCUT2D eigenvalue weighted by Crippen LogP contribution is 2.33. The van der Waals surface area contributed by atoms with Gasteiger partial charge in [0.25, 0.3) is 0 Å². The van der Waals surface area contributed by atoms with Gasteiger partial charge >= 0.3 is 0 Å². The Labute approximate surface area is 181 Å². The quantitative estimate of drug-likeness (QED) is 0.433. The Morgan fingerprint density at radius 2 is 1.87 bits per heavy atom. The number of aromatic nitrogens is 3. The van der Waals surface area contributed by atoms with Crippen molar-refractivity contribution in [3.8, 4) is 22.9 Å². The predicted molar refractivity (Wildman–Crippen MR) is 121 cm³/mol. The molecule has 0 fully saturated rings. The van der Waals surface area contributed by atoms with Crippen molar-refractivity contribution >= 4 is 16.7 Å². The van der Waals surface area contributed by atoms with Gasteiger partial charge in [-0.3, -0.25) is 0 Å². The number of anilines is 1. The number of nitrogens with zero attached hydrogens (tertiary/aromatic N) is 3. The van der Waals surface area contributed by atoms with Crippen LogP contribution in [0.3, 0.4) is 0 Å². The van der Waals surface area contributed by atoms with Crippen LogP contribution in [0, 0.1) is 6.92 Å². The molecule has 2 heterocycles. The van der Waals surface area contributed by atoms with Gasteiger partial charge in [0.1, 0.15) is 5.82 Å². The van der Waals surface area contributed by atoms with E-state index in [-0.39, 0.29) is 5.92 Å². The van der Waals surface area contributed by atoms with Gasteiger partial charge in [0.2, 0.25) is 11.7 Å². The minimum absolute atomic E-state index is 0.148. The van der Waals surface area contributed by atoms with Crippen LogP contribution in [0.25, 0.3) is 22.3 Å². The second kappa shape index (κ2) is 8.63. The first-order valence-electron chi connectivity index (χ1n) is 10.2. The van der Waals surface area contributed by atoms with Crippen molar-refractivity contribution in [2.45, 2.75) is 33.2 Å². The number of aryl methyl sites for hydroxylation is 1. The van der Waals surface area contributed by atoms with Crippen molar-refractivity contribution < 1.29 is 14.0 Å². The zero-order valence-electron chi connectivity index (χ0n) is 18.4. The molecule has 0 atom stereocenters. The third-order valence-corrected chi connectivity index (χ3v) is 5.08. The highest BCUT2D eigenvalue weighted by Gasteiger charge is 2.18. The minimum atomic E-state index is 0.148. The Morgan fingerprint density at radius 3 is 2.58 bits per heavy atom. The highest BCUT2D eigenvalue weighted by molar-refractivity contribution is 5.88. The first-order chi connectivity index (χ1) is 15.0. The molecule has 0 saturated heterocycles. The third-order valence-electron chi connectivity index (χ3n) is 5.08. The van der Waals surface area contributed by atoms with Crippen LogP contribution in [0.1, 0.15) is 36.8 Å². The van der Waals surface area contributed by atoms with E-state index in [2.05, 4.69) is 40.6 Å². The molecule has 1 N–H and O–H groups in total. The lowest BCUT2D eigenvalue weighted by molar-refractivity contribution is 0.352. The van der Waals surface area contributed by atoms with Gasteiger partial charge in [0, 0.05) is 23.4 Å². The third kappa shape index (κ3) is 4.17. The van der Waals surface area contributed by atoms with Gasteiger partial charge in [0.15, 0.2) is 11.5 Å². The lowest BCUT2D eigenvalue weighted by Gasteiger charge is -2.15. The number of fused-ring (bicyclic) bond motifs is 1. The van der Waals surface area contributed by atoms with Crippen molar-refractivity contribution in [2.24, 2.45) is 0 Å². The maximum Gasteiger partial charge on any atom is 0.229 e. The lowest BCUT2D eigenvalue weighted by Crippen LogP contribution is -2.06. The number of pyridine rings is 1. The molecular formula is C24H26N4O3. The van der Waals surface area contributed by atoms with Crippen LogP contribution in [-0.2, 0) is 6.54 Å². The van der Waals surface area contributed by atoms with Gasteiger partial charge < -0.3 is 19.3 Å². The van der Waals surface area contributed by atoms with E-state index in [0.717, 1.165) is 27.6 Å². The summed E-state index contributed by atoms with van der Waals surface area (Å²) < 4.78 is 16.4. The monoisotopic (exact) mass is 418 g/mol. The molecule has 0 spiro atoms. The molecule has 31 heavy (non-hydrogen) atoms. The molecule has 0 bridgehead atoms. The minimum Gasteiger partial charge on any atom is -0.493 e. The Balaban J connectivity index is 1.76. The molecule has 0 saturated carbocycles. The number of methoxy groups -OCH3 is 2. The number of benzene rings is 2. The summed E-state index contributed by atoms with van der Waals surface area (Å²) in [6.07, 6.45) is 0. The SMILES string of the molecule is COc1cccc(CNc2nc3ccc(C)cc3cc2-c2noc(C(C)C)n2)c1OC. The van der Waals surface area contributed by atoms with Gasteiger partial charge in [-0.1, -0.05) is 42.8 Å². The van der Waals surface area contributed by atoms with Crippen molar-refractivity contribution in [2.75, 3.05) is 19.5 Å². The van der Waals surface area contributed by atoms with E-state index >= 15 is 0 Å². The molecule has 0 aliphatic heterocycles. The summed E-state index contributed by atoms with van der Waals surface area (Å²) in [7, 11) is 3.26. The number of hydrogen-bond donors (Lipinski definition) is 1. The molecule has 0 aliphatic carbocycles. The standard InChI is InChI=1S/C24H26N4O3/c1-14(2)24-27-23(28-31-24)18-12-17-11-15(3)9-10-19(17)26-22(18)25-13-16-7-6-8-20(29-4)21(16)30-5/h6-12,14H,13H2,1-5H3,(H,25,26). The molecule has 4 aromatic rings. The fourth-order valence-corrected chi connectivity index (χ4v) is 3.45. The van der Waals surface area contributed by atoms with E-state index in [4.69, 9.17) is 19.0 Å². The maximum absolute atomic E-state index is 5.56. The van der Waals surface area contributed by atoms with Crippen LogP contribution >= 0.6 is 0 Å². The summed E-state index contributed by atoms with van der Waals surface area (Å²) in [5.74, 6) is 3.31. The number of hydrogen-bond acceptors (Lipinski definition) is 7. The molecule has 4 rings (SSSR count). The van der Waals surface area contributed by atoms with Crippen LogP contribution in [0.4, 0.5) is 5.82 Å². The molecule has 160 valence electrons. The smallest absolute Gasteiger partial charge is 0.229 e. The summed E-state index contributed by atoms with van der Waals surface area (Å²) in [5, 5.41) is 8.66. The number of para-hydroxylation sites is 1. The molecule has 0 radical (unpaired) electrons. The fraction of sp³-hybridized carbons (Fsp3) is 0.292. The Hall–Kier alpha value is -3.61. The van der Waals surface area contributed by atoms with Crippen LogP contribution in [0.15, 0.2) is 47.0 Å². The van der Waals surface area contributed by atoms with Gasteiger partial charge in [-0.15, -0.1) is 0 Å². The molecule has 0 unspecified atom stereocenters. The van der Waals surface area contributed by atoms with E-state index < -0.39 is 0 Å². The molecule has 7 nitrogen and oxygen atoms in total. The van der Waals surface area contributed by atoms with Crippen molar-refractivity contribution in [3.05, 3.63) is 59.5 Å². The Bertz CT molecular complexity index is 1220. The van der Waals surface area contributed by atoms with E-state index in [0.29, 0.717) is 35.6 Å². The van der Waals surface area contributed by atoms with Gasteiger partial charge in [-0.25, -0.2) is 4.98 Å². The predicted octanol–water partition coefficient (Wildman–Crippen LogP) is 5.35. The van der Waals surface area contributed by atoms with Gasteiger partial charge in [-0.05, 0) is 31.2 Å². The molecule has 2 aromatic heterocycles. The lowest BCUT2D eigenvalue weighted by atomic mass is 10.1. The van der Waals surface area contributed by atoms with E-state index in [9.17, 15) is 0 Å². The average molecular weight is 418 g/mol. The summed E-state index contributed by atoms with van der Waals surface area (Å²) in [6, 6.07) is 14.0. The number of ether oxygens (including phenoxy) is 2. The first-order valence-corrected chi connectivity index (χ1v) is 10.2. The Morgan fingerprint density at radius 1 is 1.03 bits per heavy atom. The summed E-state index contributed by atoms with van der Waals surface area (Å²) >= 11 is 0. The van der Waals surface area contributed by atoms with Crippen molar-refractivity contribution in [1.82, 2.24) is 15.1 Å². The first kappa shape index (κ1) is 20.7. The van der Waals surface area contributed by atoms with Crippen LogP contribution in [-0.4, -0.2) is 29.3 Å². The molecule has 7 heteroatoms. The summed E-state index contributed by atoms with van der Waals surface area (Å²) in [5.41, 5.74) is 3.80. The average Bonchev–Trinajstić information content (AvgIpc) is 3.27. The fourth-order valence-electron chi connectivity index (χ4n) is 3.45. The van der Waals surface area contributed by atoms with E-state index in [1.165, 1.54) is 0 Å². The molecule has 0 amide bonds. The van der Waals surface area contributed by atoms with Crippen LogP contribution in [0.2, 0.25) is 0 Å². The summed E-state index contributed by atoms with van der Waals surface area (Å²) in [6.45, 7) is 6.60. The van der Waals surface area contributed by atoms with E-state index in [1.807, 2.05) is 38.1 Å². The largest absolute Gasteiger partial charge is 0.493 e. The topological polar surface area (TPSA) is 82.3 Å². The zero-order valence-corrected chi connectivity index (χ0v) is 18.4. The normalized spacial score (nSPS) is 11.2. The molecular weight excluding hydrogens is 392 g/mol. The Kier molecular flexibility index (Phi) is 5.75. The molecule has 2 aromatic carbocycles. The second-order valence-corrected chi connectivity index (χ2v) is 7.70. The molecule has 0 aliphatic rings. The van der Waals surface area contributed by atoms with Gasteiger partial charge in [0.05, 0.1) is 25.3 Å². The number of nitrogens with one attached hydrogen (secondary N) is 1. The van der Waals surface area contributed by atoms with Crippen LogP contribution < -0.4 is 14.8 Å². The van der Waals surface area contributed by atoms with Crippen molar-refractivity contribution in [1.29, 1.82) is 0 Å². The van der Waals surface area contributed by atoms with Gasteiger partial charge in [-0.2, -0.15) is 4.98 Å². The second-order valence-electron chi connectivity index (χ2n) is 7.70. The zero-order chi connectivity index (χ0) is 22.0. The summed E-state index contributed by atoms with van der Waals surface area (Å²) in [4.78, 5) is 9.44. The maximum atomic E-state index is 5.56.